The van der Waals surface area contributed by atoms with Crippen LogP contribution in [0.15, 0.2) is 0 Å². The van der Waals surface area contributed by atoms with Crippen molar-refractivity contribution in [3.8, 4) is 0 Å². The highest BCUT2D eigenvalue weighted by molar-refractivity contribution is 4.80. The van der Waals surface area contributed by atoms with Gasteiger partial charge in [0.05, 0.1) is 0 Å². The molecule has 0 aromatic heterocycles. The van der Waals surface area contributed by atoms with E-state index in [1.165, 1.54) is 45.3 Å². The van der Waals surface area contributed by atoms with Gasteiger partial charge in [0, 0.05) is 0 Å². The van der Waals surface area contributed by atoms with Crippen molar-refractivity contribution in [2.24, 2.45) is 5.41 Å². The first-order chi connectivity index (χ1) is 7.70. The lowest BCUT2D eigenvalue weighted by Crippen LogP contribution is -2.38. The SMILES string of the molecule is CC.CC.CCCN1CCC(C)(CC)CC1. The molecule has 1 nitrogen and oxygen atoms in total. The molecule has 0 amide bonds. The highest BCUT2D eigenvalue weighted by atomic mass is 15.1. The molecule has 0 aromatic carbocycles. The number of hydrogen-bond donors (Lipinski definition) is 0. The molecule has 1 heterocycles. The molecule has 0 aliphatic carbocycles. The largest absolute Gasteiger partial charge is 0.303 e. The molecule has 1 aliphatic rings. The monoisotopic (exact) mass is 229 g/mol. The summed E-state index contributed by atoms with van der Waals surface area (Å²) in [5.74, 6) is 0. The summed E-state index contributed by atoms with van der Waals surface area (Å²) < 4.78 is 0. The van der Waals surface area contributed by atoms with Gasteiger partial charge < -0.3 is 4.90 Å². The molecule has 1 saturated heterocycles. The van der Waals surface area contributed by atoms with Crippen LogP contribution in [0.5, 0.6) is 0 Å². The van der Waals surface area contributed by atoms with E-state index in [1.807, 2.05) is 27.7 Å². The van der Waals surface area contributed by atoms with Crippen molar-refractivity contribution in [1.82, 2.24) is 4.90 Å². The Morgan fingerprint density at radius 1 is 0.938 bits per heavy atom. The lowest BCUT2D eigenvalue weighted by molar-refractivity contribution is 0.115. The van der Waals surface area contributed by atoms with Gasteiger partial charge in [0.1, 0.15) is 0 Å². The molecule has 0 radical (unpaired) electrons. The Kier molecular flexibility index (Phi) is 13.1. The van der Waals surface area contributed by atoms with Crippen LogP contribution in [0.2, 0.25) is 0 Å². The molecule has 16 heavy (non-hydrogen) atoms. The molecule has 1 heteroatoms. The fourth-order valence-electron chi connectivity index (χ4n) is 1.99. The normalized spacial score (nSPS) is 18.9. The van der Waals surface area contributed by atoms with E-state index in [0.29, 0.717) is 5.41 Å². The second-order valence-corrected chi connectivity index (χ2v) is 4.51. The molecule has 1 aliphatic heterocycles. The molecule has 100 valence electrons. The van der Waals surface area contributed by atoms with Gasteiger partial charge in [-0.05, 0) is 44.3 Å². The smallest absolute Gasteiger partial charge is 0.00135 e. The van der Waals surface area contributed by atoms with Crippen molar-refractivity contribution in [2.45, 2.75) is 74.1 Å². The number of nitrogens with zero attached hydrogens (tertiary/aromatic N) is 1. The Morgan fingerprint density at radius 3 is 1.69 bits per heavy atom. The van der Waals surface area contributed by atoms with Gasteiger partial charge in [-0.1, -0.05) is 54.9 Å². The number of piperidine rings is 1. The maximum Gasteiger partial charge on any atom is -0.00135 e. The first kappa shape index (κ1) is 18.3. The van der Waals surface area contributed by atoms with E-state index in [4.69, 9.17) is 0 Å². The predicted octanol–water partition coefficient (Wildman–Crippen LogP) is 4.96. The third-order valence-electron chi connectivity index (χ3n) is 3.46. The average molecular weight is 229 g/mol. The Morgan fingerprint density at radius 2 is 1.38 bits per heavy atom. The van der Waals surface area contributed by atoms with Gasteiger partial charge in [-0.15, -0.1) is 0 Å². The van der Waals surface area contributed by atoms with Gasteiger partial charge >= 0.3 is 0 Å². The fraction of sp³-hybridized carbons (Fsp3) is 1.00. The first-order valence-electron chi connectivity index (χ1n) is 7.42. The standard InChI is InChI=1S/C11H23N.2C2H6/c1-4-8-12-9-6-11(3,5-2)7-10-12;2*1-2/h4-10H2,1-3H3;2*1-2H3. The molecule has 0 unspecified atom stereocenters. The lowest BCUT2D eigenvalue weighted by Gasteiger charge is -2.38. The Bertz CT molecular complexity index is 123. The Balaban J connectivity index is 0. The molecule has 0 atom stereocenters. The van der Waals surface area contributed by atoms with Crippen LogP contribution in [0.4, 0.5) is 0 Å². The molecular weight excluding hydrogens is 194 g/mol. The molecule has 1 fully saturated rings. The molecule has 0 N–H and O–H groups in total. The summed E-state index contributed by atoms with van der Waals surface area (Å²) in [6.07, 6.45) is 5.48. The zero-order chi connectivity index (χ0) is 13.0. The third kappa shape index (κ3) is 7.27. The van der Waals surface area contributed by atoms with Crippen molar-refractivity contribution >= 4 is 0 Å². The van der Waals surface area contributed by atoms with E-state index < -0.39 is 0 Å². The highest BCUT2D eigenvalue weighted by Crippen LogP contribution is 2.33. The summed E-state index contributed by atoms with van der Waals surface area (Å²) in [6.45, 7) is 19.0. The molecule has 1 rings (SSSR count). The number of likely N-dealkylation sites (tertiary alicyclic amines) is 1. The minimum absolute atomic E-state index is 0.657. The van der Waals surface area contributed by atoms with Gasteiger partial charge in [0.25, 0.3) is 0 Å². The van der Waals surface area contributed by atoms with Crippen LogP contribution < -0.4 is 0 Å². The Labute approximate surface area is 105 Å². The number of rotatable bonds is 3. The summed E-state index contributed by atoms with van der Waals surface area (Å²) in [4.78, 5) is 2.61. The van der Waals surface area contributed by atoms with E-state index >= 15 is 0 Å². The summed E-state index contributed by atoms with van der Waals surface area (Å²) >= 11 is 0. The number of hydrogen-bond acceptors (Lipinski definition) is 1. The van der Waals surface area contributed by atoms with E-state index in [2.05, 4.69) is 25.7 Å². The van der Waals surface area contributed by atoms with Gasteiger partial charge in [-0.3, -0.25) is 0 Å². The van der Waals surface area contributed by atoms with Crippen molar-refractivity contribution < 1.29 is 0 Å². The van der Waals surface area contributed by atoms with Gasteiger partial charge in [-0.25, -0.2) is 0 Å². The van der Waals surface area contributed by atoms with Crippen LogP contribution in [0.1, 0.15) is 74.1 Å². The van der Waals surface area contributed by atoms with E-state index in [1.54, 1.807) is 0 Å². The van der Waals surface area contributed by atoms with E-state index in [-0.39, 0.29) is 0 Å². The Hall–Kier alpha value is -0.0400. The van der Waals surface area contributed by atoms with E-state index in [0.717, 1.165) is 0 Å². The maximum atomic E-state index is 2.61. The van der Waals surface area contributed by atoms with Crippen LogP contribution >= 0.6 is 0 Å². The quantitative estimate of drug-likeness (QED) is 0.661. The average Bonchev–Trinajstić information content (AvgIpc) is 2.38. The van der Waals surface area contributed by atoms with Gasteiger partial charge in [0.2, 0.25) is 0 Å². The zero-order valence-corrected chi connectivity index (χ0v) is 12.9. The molecule has 0 saturated carbocycles. The summed E-state index contributed by atoms with van der Waals surface area (Å²) in [6, 6.07) is 0. The highest BCUT2D eigenvalue weighted by Gasteiger charge is 2.27. The molecule has 0 spiro atoms. The van der Waals surface area contributed by atoms with Crippen molar-refractivity contribution in [2.75, 3.05) is 19.6 Å². The summed E-state index contributed by atoms with van der Waals surface area (Å²) in [5, 5.41) is 0. The topological polar surface area (TPSA) is 3.24 Å². The van der Waals surface area contributed by atoms with Gasteiger partial charge in [0.15, 0.2) is 0 Å². The molecular formula is C15H35N. The van der Waals surface area contributed by atoms with Gasteiger partial charge in [-0.2, -0.15) is 0 Å². The van der Waals surface area contributed by atoms with Crippen LogP contribution in [-0.2, 0) is 0 Å². The summed E-state index contributed by atoms with van der Waals surface area (Å²) in [7, 11) is 0. The fourth-order valence-corrected chi connectivity index (χ4v) is 1.99. The van der Waals surface area contributed by atoms with Crippen LogP contribution in [-0.4, -0.2) is 24.5 Å². The van der Waals surface area contributed by atoms with Crippen LogP contribution in [0.3, 0.4) is 0 Å². The van der Waals surface area contributed by atoms with Crippen molar-refractivity contribution in [3.63, 3.8) is 0 Å². The molecule has 0 aromatic rings. The maximum absolute atomic E-state index is 2.61. The van der Waals surface area contributed by atoms with E-state index in [9.17, 15) is 0 Å². The molecule has 0 bridgehead atoms. The second kappa shape index (κ2) is 11.4. The minimum Gasteiger partial charge on any atom is -0.303 e. The zero-order valence-electron chi connectivity index (χ0n) is 12.9. The van der Waals surface area contributed by atoms with Crippen molar-refractivity contribution in [1.29, 1.82) is 0 Å². The second-order valence-electron chi connectivity index (χ2n) is 4.51. The minimum atomic E-state index is 0.657. The first-order valence-corrected chi connectivity index (χ1v) is 7.42. The van der Waals surface area contributed by atoms with Crippen LogP contribution in [0, 0.1) is 5.41 Å². The lowest BCUT2D eigenvalue weighted by atomic mass is 9.78. The van der Waals surface area contributed by atoms with Crippen LogP contribution in [0.25, 0.3) is 0 Å². The van der Waals surface area contributed by atoms with Crippen molar-refractivity contribution in [3.05, 3.63) is 0 Å². The third-order valence-corrected chi connectivity index (χ3v) is 3.46. The summed E-state index contributed by atoms with van der Waals surface area (Å²) in [5.41, 5.74) is 0.657. The predicted molar refractivity (Wildman–Crippen MR) is 77.1 cm³/mol.